The molecule has 0 aliphatic heterocycles. The SMILES string of the molecule is COC(=O)CC[C@H](NC(=O)NCc1ccc(OC)cc1)C(=O)OC. The molecule has 0 saturated heterocycles. The Kier molecular flexibility index (Phi) is 8.10. The molecule has 0 spiro atoms. The molecule has 1 rings (SSSR count). The van der Waals surface area contributed by atoms with E-state index in [1.807, 2.05) is 12.1 Å². The average molecular weight is 338 g/mol. The van der Waals surface area contributed by atoms with Gasteiger partial charge in [-0.2, -0.15) is 0 Å². The van der Waals surface area contributed by atoms with Crippen LogP contribution in [-0.2, 0) is 25.6 Å². The highest BCUT2D eigenvalue weighted by Crippen LogP contribution is 2.10. The van der Waals surface area contributed by atoms with E-state index in [9.17, 15) is 14.4 Å². The highest BCUT2D eigenvalue weighted by Gasteiger charge is 2.22. The molecule has 0 saturated carbocycles. The minimum atomic E-state index is -0.926. The first-order valence-electron chi connectivity index (χ1n) is 7.32. The molecule has 0 heterocycles. The van der Waals surface area contributed by atoms with E-state index in [4.69, 9.17) is 4.74 Å². The second-order valence-electron chi connectivity index (χ2n) is 4.87. The van der Waals surface area contributed by atoms with E-state index in [-0.39, 0.29) is 19.4 Å². The topological polar surface area (TPSA) is 103 Å². The lowest BCUT2D eigenvalue weighted by Gasteiger charge is -2.16. The van der Waals surface area contributed by atoms with E-state index < -0.39 is 24.0 Å². The minimum absolute atomic E-state index is 0.00493. The summed E-state index contributed by atoms with van der Waals surface area (Å²) in [6.45, 7) is 0.278. The fourth-order valence-corrected chi connectivity index (χ4v) is 1.89. The molecule has 0 aromatic heterocycles. The van der Waals surface area contributed by atoms with Crippen molar-refractivity contribution in [1.82, 2.24) is 10.6 Å². The maximum absolute atomic E-state index is 11.9. The molecule has 0 bridgehead atoms. The van der Waals surface area contributed by atoms with E-state index in [2.05, 4.69) is 20.1 Å². The molecule has 0 unspecified atom stereocenters. The zero-order valence-corrected chi connectivity index (χ0v) is 14.0. The minimum Gasteiger partial charge on any atom is -0.497 e. The summed E-state index contributed by atoms with van der Waals surface area (Å²) in [7, 11) is 4.04. The first kappa shape index (κ1) is 19.3. The van der Waals surface area contributed by atoms with Crippen molar-refractivity contribution < 1.29 is 28.6 Å². The van der Waals surface area contributed by atoms with Crippen LogP contribution in [0.3, 0.4) is 0 Å². The molecule has 1 aromatic carbocycles. The Morgan fingerprint density at radius 1 is 1.04 bits per heavy atom. The molecule has 0 radical (unpaired) electrons. The van der Waals surface area contributed by atoms with Gasteiger partial charge < -0.3 is 24.8 Å². The van der Waals surface area contributed by atoms with Gasteiger partial charge in [0.1, 0.15) is 11.8 Å². The molecule has 8 nitrogen and oxygen atoms in total. The molecule has 0 aliphatic carbocycles. The molecule has 132 valence electrons. The molecule has 8 heteroatoms. The largest absolute Gasteiger partial charge is 0.497 e. The fourth-order valence-electron chi connectivity index (χ4n) is 1.89. The Balaban J connectivity index is 2.50. The van der Waals surface area contributed by atoms with Gasteiger partial charge in [-0.3, -0.25) is 4.79 Å². The first-order chi connectivity index (χ1) is 11.5. The predicted molar refractivity (Wildman–Crippen MR) is 85.4 cm³/mol. The summed E-state index contributed by atoms with van der Waals surface area (Å²) < 4.78 is 14.2. The third-order valence-electron chi connectivity index (χ3n) is 3.27. The summed E-state index contributed by atoms with van der Waals surface area (Å²) in [5.41, 5.74) is 0.870. The summed E-state index contributed by atoms with van der Waals surface area (Å²) in [5.74, 6) is -0.375. The van der Waals surface area contributed by atoms with Crippen LogP contribution < -0.4 is 15.4 Å². The van der Waals surface area contributed by atoms with Gasteiger partial charge in [0.2, 0.25) is 0 Å². The number of hydrogen-bond acceptors (Lipinski definition) is 6. The number of benzene rings is 1. The maximum atomic E-state index is 11.9. The van der Waals surface area contributed by atoms with Gasteiger partial charge in [0.15, 0.2) is 0 Å². The predicted octanol–water partition coefficient (Wildman–Crippen LogP) is 0.989. The van der Waals surface area contributed by atoms with E-state index >= 15 is 0 Å². The summed E-state index contributed by atoms with van der Waals surface area (Å²) in [5, 5.41) is 5.12. The molecule has 0 aliphatic rings. The number of urea groups is 1. The summed E-state index contributed by atoms with van der Waals surface area (Å²) in [6.07, 6.45) is 0.0876. The van der Waals surface area contributed by atoms with Gasteiger partial charge in [0.05, 0.1) is 21.3 Å². The van der Waals surface area contributed by atoms with Gasteiger partial charge in [-0.25, -0.2) is 9.59 Å². The van der Waals surface area contributed by atoms with Crippen LogP contribution in [0.2, 0.25) is 0 Å². The Hall–Kier alpha value is -2.77. The van der Waals surface area contributed by atoms with Gasteiger partial charge in [0.25, 0.3) is 0 Å². The molecule has 2 amide bonds. The second kappa shape index (κ2) is 10.1. The van der Waals surface area contributed by atoms with Crippen LogP contribution in [0, 0.1) is 0 Å². The first-order valence-corrected chi connectivity index (χ1v) is 7.32. The quantitative estimate of drug-likeness (QED) is 0.685. The van der Waals surface area contributed by atoms with Crippen molar-refractivity contribution in [1.29, 1.82) is 0 Å². The van der Waals surface area contributed by atoms with Gasteiger partial charge >= 0.3 is 18.0 Å². The molecule has 1 atom stereocenters. The van der Waals surface area contributed by atoms with Crippen molar-refractivity contribution in [3.63, 3.8) is 0 Å². The van der Waals surface area contributed by atoms with Crippen LogP contribution in [0.25, 0.3) is 0 Å². The third-order valence-corrected chi connectivity index (χ3v) is 3.27. The number of hydrogen-bond donors (Lipinski definition) is 2. The number of nitrogens with one attached hydrogen (secondary N) is 2. The normalized spacial score (nSPS) is 11.1. The Bertz CT molecular complexity index is 558. The molecule has 0 fully saturated rings. The second-order valence-corrected chi connectivity index (χ2v) is 4.87. The fraction of sp³-hybridized carbons (Fsp3) is 0.438. The highest BCUT2D eigenvalue weighted by molar-refractivity contribution is 5.84. The zero-order chi connectivity index (χ0) is 17.9. The van der Waals surface area contributed by atoms with Gasteiger partial charge in [0, 0.05) is 13.0 Å². The Morgan fingerprint density at radius 2 is 1.71 bits per heavy atom. The molecule has 24 heavy (non-hydrogen) atoms. The van der Waals surface area contributed by atoms with Crippen LogP contribution in [0.4, 0.5) is 4.79 Å². The smallest absolute Gasteiger partial charge is 0.328 e. The number of rotatable bonds is 8. The number of methoxy groups -OCH3 is 3. The van der Waals surface area contributed by atoms with Crippen molar-refractivity contribution in [3.8, 4) is 5.75 Å². The molecule has 2 N–H and O–H groups in total. The van der Waals surface area contributed by atoms with Crippen LogP contribution in [0.5, 0.6) is 5.75 Å². The van der Waals surface area contributed by atoms with Gasteiger partial charge in [-0.15, -0.1) is 0 Å². The van der Waals surface area contributed by atoms with Crippen molar-refractivity contribution in [3.05, 3.63) is 29.8 Å². The van der Waals surface area contributed by atoms with Crippen LogP contribution in [-0.4, -0.2) is 45.3 Å². The molecule has 1 aromatic rings. The zero-order valence-electron chi connectivity index (χ0n) is 14.0. The Morgan fingerprint density at radius 3 is 2.25 bits per heavy atom. The van der Waals surface area contributed by atoms with Crippen molar-refractivity contribution in [2.45, 2.75) is 25.4 Å². The molecular formula is C16H22N2O6. The number of esters is 2. The van der Waals surface area contributed by atoms with Crippen molar-refractivity contribution in [2.24, 2.45) is 0 Å². The van der Waals surface area contributed by atoms with Crippen LogP contribution >= 0.6 is 0 Å². The van der Waals surface area contributed by atoms with Crippen molar-refractivity contribution in [2.75, 3.05) is 21.3 Å². The molecular weight excluding hydrogens is 316 g/mol. The summed E-state index contributed by atoms with van der Waals surface area (Å²) in [6, 6.07) is 5.73. The number of amides is 2. The van der Waals surface area contributed by atoms with Crippen LogP contribution in [0.15, 0.2) is 24.3 Å². The van der Waals surface area contributed by atoms with E-state index in [1.165, 1.54) is 14.2 Å². The number of carbonyl (C=O) groups excluding carboxylic acids is 3. The lowest BCUT2D eigenvalue weighted by molar-refractivity contribution is -0.144. The number of carbonyl (C=O) groups is 3. The summed E-state index contributed by atoms with van der Waals surface area (Å²) in [4.78, 5) is 34.7. The standard InChI is InChI=1S/C16H22N2O6/c1-22-12-6-4-11(5-7-12)10-17-16(21)18-13(15(20)24-3)8-9-14(19)23-2/h4-7,13H,8-10H2,1-3H3,(H2,17,18,21)/t13-/m0/s1. The third kappa shape index (κ3) is 6.55. The lowest BCUT2D eigenvalue weighted by Crippen LogP contribution is -2.46. The van der Waals surface area contributed by atoms with Crippen LogP contribution in [0.1, 0.15) is 18.4 Å². The Labute approximate surface area is 140 Å². The number of ether oxygens (including phenoxy) is 3. The van der Waals surface area contributed by atoms with Gasteiger partial charge in [-0.1, -0.05) is 12.1 Å². The lowest BCUT2D eigenvalue weighted by atomic mass is 10.1. The highest BCUT2D eigenvalue weighted by atomic mass is 16.5. The van der Waals surface area contributed by atoms with Crippen molar-refractivity contribution >= 4 is 18.0 Å². The summed E-state index contributed by atoms with van der Waals surface area (Å²) >= 11 is 0. The van der Waals surface area contributed by atoms with E-state index in [0.29, 0.717) is 0 Å². The van der Waals surface area contributed by atoms with E-state index in [1.54, 1.807) is 19.2 Å². The maximum Gasteiger partial charge on any atom is 0.328 e. The monoisotopic (exact) mass is 338 g/mol. The average Bonchev–Trinajstić information content (AvgIpc) is 2.62. The van der Waals surface area contributed by atoms with E-state index in [0.717, 1.165) is 11.3 Å². The van der Waals surface area contributed by atoms with Gasteiger partial charge in [-0.05, 0) is 24.1 Å².